The number of aliphatic hydroxyl groups is 1. The molecule has 110 valence electrons. The van der Waals surface area contributed by atoms with Gasteiger partial charge in [-0.2, -0.15) is 0 Å². The van der Waals surface area contributed by atoms with Crippen molar-refractivity contribution < 1.29 is 9.90 Å². The third kappa shape index (κ3) is 4.43. The molecule has 0 aliphatic heterocycles. The van der Waals surface area contributed by atoms with E-state index in [1.807, 2.05) is 36.4 Å². The fraction of sp³-hybridized carbons (Fsp3) is 0.278. The zero-order valence-corrected chi connectivity index (χ0v) is 12.2. The van der Waals surface area contributed by atoms with Crippen LogP contribution < -0.4 is 5.32 Å². The highest BCUT2D eigenvalue weighted by molar-refractivity contribution is 5.79. The molecule has 2 aromatic carbocycles. The maximum absolute atomic E-state index is 11.4. The molecular weight excluding hydrogens is 262 g/mol. The van der Waals surface area contributed by atoms with Crippen molar-refractivity contribution in [2.45, 2.75) is 25.4 Å². The van der Waals surface area contributed by atoms with Gasteiger partial charge in [-0.15, -0.1) is 0 Å². The normalized spacial score (nSPS) is 12.1. The van der Waals surface area contributed by atoms with Crippen molar-refractivity contribution in [1.82, 2.24) is 5.32 Å². The van der Waals surface area contributed by atoms with Gasteiger partial charge < -0.3 is 10.4 Å². The first kappa shape index (κ1) is 15.3. The first-order valence-electron chi connectivity index (χ1n) is 7.24. The number of benzene rings is 2. The fourth-order valence-electron chi connectivity index (χ4n) is 2.38. The van der Waals surface area contributed by atoms with E-state index >= 15 is 0 Å². The Morgan fingerprint density at radius 1 is 1.00 bits per heavy atom. The number of carbonyl (C=O) groups excluding carboxylic acids is 1. The van der Waals surface area contributed by atoms with E-state index in [9.17, 15) is 9.90 Å². The molecule has 3 nitrogen and oxygen atoms in total. The second-order valence-electron chi connectivity index (χ2n) is 5.13. The van der Waals surface area contributed by atoms with E-state index in [2.05, 4.69) is 29.6 Å². The molecule has 0 aliphatic rings. The molecule has 2 rings (SSSR count). The first-order chi connectivity index (χ1) is 10.2. The van der Waals surface area contributed by atoms with Gasteiger partial charge in [0.2, 0.25) is 5.91 Å². The summed E-state index contributed by atoms with van der Waals surface area (Å²) in [7, 11) is 0. The van der Waals surface area contributed by atoms with Crippen LogP contribution in [0.5, 0.6) is 0 Å². The molecule has 0 heterocycles. The molecule has 2 aromatic rings. The lowest BCUT2D eigenvalue weighted by Gasteiger charge is -2.18. The minimum atomic E-state index is -0.961. The van der Waals surface area contributed by atoms with Crippen molar-refractivity contribution in [1.29, 1.82) is 0 Å². The van der Waals surface area contributed by atoms with Gasteiger partial charge in [-0.05, 0) is 24.5 Å². The van der Waals surface area contributed by atoms with Crippen LogP contribution in [0.15, 0.2) is 60.7 Å². The number of hydrogen-bond acceptors (Lipinski definition) is 2. The van der Waals surface area contributed by atoms with Gasteiger partial charge >= 0.3 is 0 Å². The van der Waals surface area contributed by atoms with Crippen LogP contribution in [-0.2, 0) is 4.79 Å². The maximum atomic E-state index is 11.4. The van der Waals surface area contributed by atoms with Crippen LogP contribution in [0.2, 0.25) is 0 Å². The Labute approximate surface area is 125 Å². The number of rotatable bonds is 6. The molecule has 0 bridgehead atoms. The van der Waals surface area contributed by atoms with Crippen molar-refractivity contribution in [3.63, 3.8) is 0 Å². The van der Waals surface area contributed by atoms with Crippen LogP contribution in [0.1, 0.15) is 30.4 Å². The Morgan fingerprint density at radius 2 is 1.48 bits per heavy atom. The average molecular weight is 283 g/mol. The summed E-state index contributed by atoms with van der Waals surface area (Å²) in [6, 6.07) is 20.5. The molecule has 0 aliphatic carbocycles. The van der Waals surface area contributed by atoms with E-state index in [4.69, 9.17) is 0 Å². The van der Waals surface area contributed by atoms with Crippen molar-refractivity contribution >= 4 is 5.91 Å². The summed E-state index contributed by atoms with van der Waals surface area (Å²) in [5.41, 5.74) is 2.46. The number of aliphatic hydroxyl groups excluding tert-OH is 1. The van der Waals surface area contributed by atoms with E-state index in [-0.39, 0.29) is 11.8 Å². The van der Waals surface area contributed by atoms with Gasteiger partial charge in [-0.3, -0.25) is 4.79 Å². The SMILES string of the molecule is C[C@H](O)C(=O)NCCC(c1ccccc1)c1ccccc1. The minimum absolute atomic E-state index is 0.238. The predicted molar refractivity (Wildman–Crippen MR) is 84.0 cm³/mol. The second-order valence-corrected chi connectivity index (χ2v) is 5.13. The first-order valence-corrected chi connectivity index (χ1v) is 7.24. The fourth-order valence-corrected chi connectivity index (χ4v) is 2.38. The molecule has 0 saturated heterocycles. The standard InChI is InChI=1S/C18H21NO2/c1-14(20)18(21)19-13-12-17(15-8-4-2-5-9-15)16-10-6-3-7-11-16/h2-11,14,17,20H,12-13H2,1H3,(H,19,21)/t14-/m0/s1. The molecular formula is C18H21NO2. The Bertz CT molecular complexity index is 512. The van der Waals surface area contributed by atoms with Gasteiger partial charge in [0.25, 0.3) is 0 Å². The molecule has 1 atom stereocenters. The van der Waals surface area contributed by atoms with Crippen LogP contribution >= 0.6 is 0 Å². The van der Waals surface area contributed by atoms with Crippen LogP contribution in [0.4, 0.5) is 0 Å². The summed E-state index contributed by atoms with van der Waals surface area (Å²) in [6.07, 6.45) is -0.163. The summed E-state index contributed by atoms with van der Waals surface area (Å²) in [6.45, 7) is 2.01. The van der Waals surface area contributed by atoms with E-state index in [0.717, 1.165) is 6.42 Å². The Kier molecular flexibility index (Phi) is 5.52. The number of amides is 1. The predicted octanol–water partition coefficient (Wildman–Crippen LogP) is 2.71. The largest absolute Gasteiger partial charge is 0.384 e. The molecule has 1 amide bonds. The van der Waals surface area contributed by atoms with Crippen molar-refractivity contribution in [2.24, 2.45) is 0 Å². The van der Waals surface area contributed by atoms with E-state index < -0.39 is 6.10 Å². The third-order valence-corrected chi connectivity index (χ3v) is 3.52. The Hall–Kier alpha value is -2.13. The molecule has 0 aromatic heterocycles. The van der Waals surface area contributed by atoms with Crippen molar-refractivity contribution in [3.05, 3.63) is 71.8 Å². The summed E-state index contributed by atoms with van der Waals surface area (Å²) >= 11 is 0. The second kappa shape index (κ2) is 7.60. The van der Waals surface area contributed by atoms with E-state index in [1.54, 1.807) is 0 Å². The highest BCUT2D eigenvalue weighted by Crippen LogP contribution is 2.27. The monoisotopic (exact) mass is 283 g/mol. The lowest BCUT2D eigenvalue weighted by molar-refractivity contribution is -0.128. The van der Waals surface area contributed by atoms with Gasteiger partial charge in [-0.25, -0.2) is 0 Å². The molecule has 0 spiro atoms. The summed E-state index contributed by atoms with van der Waals surface area (Å²) in [5.74, 6) is -0.0865. The molecule has 21 heavy (non-hydrogen) atoms. The molecule has 0 saturated carbocycles. The highest BCUT2D eigenvalue weighted by Gasteiger charge is 2.15. The molecule has 0 fully saturated rings. The Morgan fingerprint density at radius 3 is 1.90 bits per heavy atom. The van der Waals surface area contributed by atoms with Crippen LogP contribution in [-0.4, -0.2) is 23.7 Å². The van der Waals surface area contributed by atoms with Gasteiger partial charge in [-0.1, -0.05) is 60.7 Å². The zero-order valence-electron chi connectivity index (χ0n) is 12.2. The summed E-state index contributed by atoms with van der Waals surface area (Å²) in [5, 5.41) is 12.0. The molecule has 2 N–H and O–H groups in total. The minimum Gasteiger partial charge on any atom is -0.384 e. The quantitative estimate of drug-likeness (QED) is 0.856. The van der Waals surface area contributed by atoms with E-state index in [1.165, 1.54) is 18.1 Å². The van der Waals surface area contributed by atoms with Crippen molar-refractivity contribution in [3.8, 4) is 0 Å². The van der Waals surface area contributed by atoms with Gasteiger partial charge in [0.1, 0.15) is 6.10 Å². The van der Waals surface area contributed by atoms with E-state index in [0.29, 0.717) is 6.54 Å². The van der Waals surface area contributed by atoms with Crippen molar-refractivity contribution in [2.75, 3.05) is 6.54 Å². The number of hydrogen-bond donors (Lipinski definition) is 2. The molecule has 3 heteroatoms. The van der Waals surface area contributed by atoms with Crippen LogP contribution in [0, 0.1) is 0 Å². The smallest absolute Gasteiger partial charge is 0.248 e. The van der Waals surface area contributed by atoms with Crippen LogP contribution in [0.3, 0.4) is 0 Å². The van der Waals surface area contributed by atoms with Gasteiger partial charge in [0, 0.05) is 12.5 Å². The topological polar surface area (TPSA) is 49.3 Å². The van der Waals surface area contributed by atoms with Gasteiger partial charge in [0.15, 0.2) is 0 Å². The molecule has 0 unspecified atom stereocenters. The third-order valence-electron chi connectivity index (χ3n) is 3.52. The zero-order chi connectivity index (χ0) is 15.1. The number of nitrogens with one attached hydrogen (secondary N) is 1. The Balaban J connectivity index is 2.09. The summed E-state index contributed by atoms with van der Waals surface area (Å²) in [4.78, 5) is 11.4. The highest BCUT2D eigenvalue weighted by atomic mass is 16.3. The lowest BCUT2D eigenvalue weighted by Crippen LogP contribution is -2.33. The number of carbonyl (C=O) groups is 1. The average Bonchev–Trinajstić information content (AvgIpc) is 2.53. The van der Waals surface area contributed by atoms with Gasteiger partial charge in [0.05, 0.1) is 0 Å². The maximum Gasteiger partial charge on any atom is 0.248 e. The molecule has 0 radical (unpaired) electrons. The van der Waals surface area contributed by atoms with Crippen LogP contribution in [0.25, 0.3) is 0 Å². The summed E-state index contributed by atoms with van der Waals surface area (Å²) < 4.78 is 0. The lowest BCUT2D eigenvalue weighted by atomic mass is 9.88.